The summed E-state index contributed by atoms with van der Waals surface area (Å²) in [6, 6.07) is 5.12. The van der Waals surface area contributed by atoms with Crippen LogP contribution < -0.4 is 10.6 Å². The van der Waals surface area contributed by atoms with E-state index < -0.39 is 29.6 Å². The fourth-order valence-corrected chi connectivity index (χ4v) is 5.26. The van der Waals surface area contributed by atoms with E-state index in [1.807, 2.05) is 9.80 Å². The van der Waals surface area contributed by atoms with Gasteiger partial charge in [-0.15, -0.1) is 0 Å². The lowest BCUT2D eigenvalue weighted by Gasteiger charge is -2.35. The number of amides is 1. The van der Waals surface area contributed by atoms with Gasteiger partial charge in [0.2, 0.25) is 5.91 Å². The highest BCUT2D eigenvalue weighted by molar-refractivity contribution is 5.89. The van der Waals surface area contributed by atoms with Crippen LogP contribution in [0.15, 0.2) is 36.8 Å². The van der Waals surface area contributed by atoms with Gasteiger partial charge in [0, 0.05) is 31.9 Å². The van der Waals surface area contributed by atoms with Gasteiger partial charge in [-0.3, -0.25) is 9.69 Å². The van der Waals surface area contributed by atoms with Gasteiger partial charge < -0.3 is 20.3 Å². The monoisotopic (exact) mass is 534 g/mol. The van der Waals surface area contributed by atoms with Crippen LogP contribution >= 0.6 is 0 Å². The molecule has 1 amide bonds. The van der Waals surface area contributed by atoms with E-state index in [-0.39, 0.29) is 23.9 Å². The lowest BCUT2D eigenvalue weighted by atomic mass is 9.91. The number of aryl methyl sites for hydroxylation is 1. The molecule has 0 bridgehead atoms. The Morgan fingerprint density at radius 2 is 1.89 bits per heavy atom. The largest absolute Gasteiger partial charge is 0.416 e. The van der Waals surface area contributed by atoms with Crippen molar-refractivity contribution < 1.29 is 27.5 Å². The van der Waals surface area contributed by atoms with Crippen LogP contribution in [0.2, 0.25) is 0 Å². The summed E-state index contributed by atoms with van der Waals surface area (Å²) in [7, 11) is 0. The number of aliphatic hydroxyl groups is 1. The standard InChI is InChI=1S/C26H30F4N6O2/c27-20-12-35(10-8-17-7-9-34(13-21(17)37)14-22(31)38)24-23(20)25(33-15-32-24)36(19-5-6-19)11-16-1-3-18(4-2-16)26(28,29)30/h1-4,12,15,17,19,21,37H,5-11,13-14H2,(H2,31,38)/t17-,21+/m0/s1. The van der Waals surface area contributed by atoms with Crippen LogP contribution in [0.4, 0.5) is 23.4 Å². The number of nitrogens with two attached hydrogens (primary N) is 1. The Labute approximate surface area is 217 Å². The quantitative estimate of drug-likeness (QED) is 0.409. The molecule has 2 atom stereocenters. The summed E-state index contributed by atoms with van der Waals surface area (Å²) in [6.45, 7) is 1.87. The Bertz CT molecular complexity index is 1290. The number of alkyl halides is 3. The molecule has 3 heterocycles. The van der Waals surface area contributed by atoms with Gasteiger partial charge in [0.1, 0.15) is 17.8 Å². The Kier molecular flexibility index (Phi) is 7.28. The predicted octanol–water partition coefficient (Wildman–Crippen LogP) is 3.32. The van der Waals surface area contributed by atoms with E-state index in [0.29, 0.717) is 56.0 Å². The van der Waals surface area contributed by atoms with Gasteiger partial charge in [0.25, 0.3) is 0 Å². The van der Waals surface area contributed by atoms with E-state index >= 15 is 4.39 Å². The first-order valence-electron chi connectivity index (χ1n) is 12.7. The highest BCUT2D eigenvalue weighted by atomic mass is 19.4. The number of aromatic nitrogens is 3. The van der Waals surface area contributed by atoms with Gasteiger partial charge in [-0.2, -0.15) is 13.2 Å². The molecule has 8 nitrogen and oxygen atoms in total. The highest BCUT2D eigenvalue weighted by Crippen LogP contribution is 2.37. The molecule has 2 aromatic heterocycles. The fraction of sp³-hybridized carbons (Fsp3) is 0.500. The molecule has 1 saturated heterocycles. The number of halogens is 4. The van der Waals surface area contributed by atoms with Crippen molar-refractivity contribution in [1.29, 1.82) is 0 Å². The first kappa shape index (κ1) is 26.4. The lowest BCUT2D eigenvalue weighted by Crippen LogP contribution is -2.47. The number of benzene rings is 1. The fourth-order valence-electron chi connectivity index (χ4n) is 5.26. The lowest BCUT2D eigenvalue weighted by molar-refractivity contribution is -0.137. The van der Waals surface area contributed by atoms with Crippen molar-refractivity contribution in [2.45, 2.75) is 57.1 Å². The van der Waals surface area contributed by atoms with Gasteiger partial charge in [-0.25, -0.2) is 14.4 Å². The van der Waals surface area contributed by atoms with Gasteiger partial charge in [-0.05, 0) is 55.8 Å². The second-order valence-corrected chi connectivity index (χ2v) is 10.2. The minimum absolute atomic E-state index is 0.0106. The van der Waals surface area contributed by atoms with Crippen LogP contribution in [0.1, 0.15) is 36.8 Å². The summed E-state index contributed by atoms with van der Waals surface area (Å²) < 4.78 is 55.9. The zero-order chi connectivity index (χ0) is 27.0. The number of aliphatic hydroxyl groups excluding tert-OH is 1. The number of rotatable bonds is 9. The second-order valence-electron chi connectivity index (χ2n) is 10.2. The summed E-state index contributed by atoms with van der Waals surface area (Å²) in [6.07, 6.45) is 0.824. The van der Waals surface area contributed by atoms with E-state index in [4.69, 9.17) is 5.73 Å². The predicted molar refractivity (Wildman–Crippen MR) is 133 cm³/mol. The molecule has 0 unspecified atom stereocenters. The van der Waals surface area contributed by atoms with Crippen molar-refractivity contribution in [3.63, 3.8) is 0 Å². The Morgan fingerprint density at radius 3 is 2.53 bits per heavy atom. The number of piperidine rings is 1. The molecule has 12 heteroatoms. The molecule has 5 rings (SSSR count). The molecule has 2 fully saturated rings. The van der Waals surface area contributed by atoms with Crippen LogP contribution in [0.25, 0.3) is 11.0 Å². The smallest absolute Gasteiger partial charge is 0.392 e. The van der Waals surface area contributed by atoms with Crippen molar-refractivity contribution in [2.75, 3.05) is 24.5 Å². The summed E-state index contributed by atoms with van der Waals surface area (Å²) >= 11 is 0. The molecule has 0 spiro atoms. The molecule has 2 aliphatic rings. The molecule has 1 saturated carbocycles. The Hall–Kier alpha value is -3.25. The van der Waals surface area contributed by atoms with Gasteiger partial charge >= 0.3 is 6.18 Å². The summed E-state index contributed by atoms with van der Waals surface area (Å²) in [5.74, 6) is -0.485. The van der Waals surface area contributed by atoms with Crippen LogP contribution in [-0.4, -0.2) is 62.2 Å². The maximum atomic E-state index is 15.3. The average molecular weight is 535 g/mol. The topological polar surface area (TPSA) is 101 Å². The van der Waals surface area contributed by atoms with Crippen LogP contribution in [0.5, 0.6) is 0 Å². The van der Waals surface area contributed by atoms with Crippen molar-refractivity contribution in [1.82, 2.24) is 19.4 Å². The number of anilines is 1. The first-order chi connectivity index (χ1) is 18.1. The average Bonchev–Trinajstić information content (AvgIpc) is 3.65. The zero-order valence-corrected chi connectivity index (χ0v) is 20.7. The van der Waals surface area contributed by atoms with Crippen molar-refractivity contribution >= 4 is 22.8 Å². The molecule has 204 valence electrons. The second kappa shape index (κ2) is 10.5. The SMILES string of the molecule is NC(=O)CN1CC[C@@H](CCn2cc(F)c3c(N(Cc4ccc(C(F)(F)F)cc4)C4CC4)ncnc32)[C@H](O)C1. The van der Waals surface area contributed by atoms with Crippen molar-refractivity contribution in [2.24, 2.45) is 11.7 Å². The normalized spacial score (nSPS) is 20.7. The Morgan fingerprint density at radius 1 is 1.16 bits per heavy atom. The number of carbonyl (C=O) groups is 1. The molecule has 38 heavy (non-hydrogen) atoms. The number of β-amino-alcohol motifs (C(OH)–C–C–N with tert-alkyl or cyclic N) is 1. The van der Waals surface area contributed by atoms with E-state index in [1.165, 1.54) is 24.7 Å². The summed E-state index contributed by atoms with van der Waals surface area (Å²) in [5.41, 5.74) is 5.65. The third-order valence-corrected chi connectivity index (χ3v) is 7.41. The number of fused-ring (bicyclic) bond motifs is 1. The third-order valence-electron chi connectivity index (χ3n) is 7.41. The maximum Gasteiger partial charge on any atom is 0.416 e. The molecule has 1 aliphatic heterocycles. The number of hydrogen-bond acceptors (Lipinski definition) is 6. The minimum Gasteiger partial charge on any atom is -0.392 e. The molecular formula is C26H30F4N6O2. The molecular weight excluding hydrogens is 504 g/mol. The number of likely N-dealkylation sites (tertiary alicyclic amines) is 1. The Balaban J connectivity index is 1.33. The van der Waals surface area contributed by atoms with Gasteiger partial charge in [0.05, 0.1) is 23.6 Å². The number of carbonyl (C=O) groups excluding carboxylic acids is 1. The van der Waals surface area contributed by atoms with Crippen LogP contribution in [0.3, 0.4) is 0 Å². The molecule has 3 N–H and O–H groups in total. The van der Waals surface area contributed by atoms with E-state index in [9.17, 15) is 23.1 Å². The van der Waals surface area contributed by atoms with Gasteiger partial charge in [-0.1, -0.05) is 12.1 Å². The van der Waals surface area contributed by atoms with Crippen LogP contribution in [0, 0.1) is 11.7 Å². The van der Waals surface area contributed by atoms with E-state index in [0.717, 1.165) is 25.0 Å². The minimum atomic E-state index is -4.41. The van der Waals surface area contributed by atoms with Crippen molar-refractivity contribution in [3.8, 4) is 0 Å². The number of nitrogens with zero attached hydrogens (tertiary/aromatic N) is 5. The highest BCUT2D eigenvalue weighted by Gasteiger charge is 2.34. The first-order valence-corrected chi connectivity index (χ1v) is 12.7. The van der Waals surface area contributed by atoms with E-state index in [1.54, 1.807) is 4.57 Å². The number of primary amides is 1. The van der Waals surface area contributed by atoms with Gasteiger partial charge in [0.15, 0.2) is 5.82 Å². The summed E-state index contributed by atoms with van der Waals surface area (Å²) in [4.78, 5) is 23.7. The maximum absolute atomic E-state index is 15.3. The molecule has 1 aromatic carbocycles. The van der Waals surface area contributed by atoms with Crippen molar-refractivity contribution in [3.05, 3.63) is 53.7 Å². The van der Waals surface area contributed by atoms with Crippen LogP contribution in [-0.2, 0) is 24.1 Å². The summed E-state index contributed by atoms with van der Waals surface area (Å²) in [5, 5.41) is 10.8. The zero-order valence-electron chi connectivity index (χ0n) is 20.7. The van der Waals surface area contributed by atoms with E-state index in [2.05, 4.69) is 9.97 Å². The molecule has 0 radical (unpaired) electrons. The third kappa shape index (κ3) is 5.75. The molecule has 3 aromatic rings. The number of hydrogen-bond donors (Lipinski definition) is 2. The molecule has 1 aliphatic carbocycles.